The minimum atomic E-state index is -0.686. The smallest absolute Gasteiger partial charge is 0.238 e. The van der Waals surface area contributed by atoms with Crippen molar-refractivity contribution in [2.45, 2.75) is 6.42 Å². The number of anilines is 1. The van der Waals surface area contributed by atoms with E-state index in [9.17, 15) is 18.0 Å². The number of hydrogen-bond donors (Lipinski definition) is 1. The predicted octanol–water partition coefficient (Wildman–Crippen LogP) is 3.23. The van der Waals surface area contributed by atoms with Gasteiger partial charge in [0.05, 0.1) is 18.4 Å². The maximum atomic E-state index is 13.5. The largest absolute Gasteiger partial charge is 0.322 e. The van der Waals surface area contributed by atoms with Crippen molar-refractivity contribution in [1.82, 2.24) is 9.88 Å². The van der Waals surface area contributed by atoms with Crippen LogP contribution in [-0.4, -0.2) is 35.4 Å². The van der Waals surface area contributed by atoms with Gasteiger partial charge in [-0.1, -0.05) is 6.08 Å². The molecular formula is C18H16F3N3O. The Bertz CT molecular complexity index is 823. The number of aromatic nitrogens is 1. The first kappa shape index (κ1) is 17.2. The highest BCUT2D eigenvalue weighted by Crippen LogP contribution is 2.22. The van der Waals surface area contributed by atoms with Gasteiger partial charge in [0.15, 0.2) is 0 Å². The summed E-state index contributed by atoms with van der Waals surface area (Å²) >= 11 is 0. The molecule has 0 radical (unpaired) electrons. The first-order chi connectivity index (χ1) is 12.0. The average Bonchev–Trinajstić information content (AvgIpc) is 2.59. The lowest BCUT2D eigenvalue weighted by Crippen LogP contribution is -2.36. The van der Waals surface area contributed by atoms with E-state index in [2.05, 4.69) is 10.3 Å². The van der Waals surface area contributed by atoms with Crippen LogP contribution < -0.4 is 5.32 Å². The van der Waals surface area contributed by atoms with Gasteiger partial charge in [-0.05, 0) is 35.8 Å². The van der Waals surface area contributed by atoms with Crippen LogP contribution in [0.15, 0.2) is 42.7 Å². The van der Waals surface area contributed by atoms with Crippen LogP contribution in [0.3, 0.4) is 0 Å². The van der Waals surface area contributed by atoms with Gasteiger partial charge in [0.2, 0.25) is 5.91 Å². The van der Waals surface area contributed by atoms with Crippen LogP contribution in [0.5, 0.6) is 0 Å². The molecule has 2 heterocycles. The summed E-state index contributed by atoms with van der Waals surface area (Å²) in [6, 6.07) is 4.32. The van der Waals surface area contributed by atoms with E-state index in [1.165, 1.54) is 6.07 Å². The van der Waals surface area contributed by atoms with Crippen LogP contribution in [0.25, 0.3) is 5.57 Å². The molecule has 130 valence electrons. The number of hydrogen-bond acceptors (Lipinski definition) is 3. The first-order valence-electron chi connectivity index (χ1n) is 7.78. The highest BCUT2D eigenvalue weighted by atomic mass is 19.1. The summed E-state index contributed by atoms with van der Waals surface area (Å²) in [4.78, 5) is 17.7. The van der Waals surface area contributed by atoms with Gasteiger partial charge in [-0.2, -0.15) is 0 Å². The molecule has 1 aromatic heterocycles. The Hall–Kier alpha value is -2.67. The molecule has 0 atom stereocenters. The fourth-order valence-electron chi connectivity index (χ4n) is 2.69. The fourth-order valence-corrected chi connectivity index (χ4v) is 2.69. The van der Waals surface area contributed by atoms with Gasteiger partial charge in [-0.3, -0.25) is 14.7 Å². The van der Waals surface area contributed by atoms with E-state index < -0.39 is 23.4 Å². The Balaban J connectivity index is 1.58. The van der Waals surface area contributed by atoms with Crippen molar-refractivity contribution in [3.8, 4) is 0 Å². The number of pyridine rings is 1. The molecule has 0 bridgehead atoms. The summed E-state index contributed by atoms with van der Waals surface area (Å²) < 4.78 is 39.9. The molecule has 1 aliphatic heterocycles. The summed E-state index contributed by atoms with van der Waals surface area (Å²) in [6.45, 7) is 1.16. The van der Waals surface area contributed by atoms with Gasteiger partial charge in [-0.25, -0.2) is 13.2 Å². The van der Waals surface area contributed by atoms with Crippen molar-refractivity contribution in [3.63, 3.8) is 0 Å². The van der Waals surface area contributed by atoms with Crippen LogP contribution in [0.2, 0.25) is 0 Å². The Labute approximate surface area is 143 Å². The average molecular weight is 347 g/mol. The lowest BCUT2D eigenvalue weighted by Gasteiger charge is -2.25. The summed E-state index contributed by atoms with van der Waals surface area (Å²) in [5.74, 6) is -2.12. The van der Waals surface area contributed by atoms with E-state index in [-0.39, 0.29) is 12.2 Å². The van der Waals surface area contributed by atoms with E-state index in [1.54, 1.807) is 6.20 Å². The van der Waals surface area contributed by atoms with Gasteiger partial charge in [0.1, 0.15) is 17.5 Å². The number of halogens is 3. The van der Waals surface area contributed by atoms with Crippen LogP contribution >= 0.6 is 0 Å². The normalized spacial score (nSPS) is 14.9. The number of amides is 1. The number of benzene rings is 1. The van der Waals surface area contributed by atoms with E-state index in [1.807, 2.05) is 11.0 Å². The molecule has 2 aromatic rings. The van der Waals surface area contributed by atoms with Gasteiger partial charge >= 0.3 is 0 Å². The highest BCUT2D eigenvalue weighted by molar-refractivity contribution is 5.92. The summed E-state index contributed by atoms with van der Waals surface area (Å²) in [5, 5.41) is 2.37. The van der Waals surface area contributed by atoms with Gasteiger partial charge in [-0.15, -0.1) is 0 Å². The molecule has 0 aliphatic carbocycles. The molecule has 3 rings (SSSR count). The van der Waals surface area contributed by atoms with Crippen molar-refractivity contribution in [1.29, 1.82) is 0 Å². The monoisotopic (exact) mass is 347 g/mol. The molecule has 0 saturated heterocycles. The second-order valence-electron chi connectivity index (χ2n) is 5.78. The maximum Gasteiger partial charge on any atom is 0.238 e. The molecule has 0 saturated carbocycles. The summed E-state index contributed by atoms with van der Waals surface area (Å²) in [5.41, 5.74) is 1.52. The summed E-state index contributed by atoms with van der Waals surface area (Å²) in [7, 11) is 0. The van der Waals surface area contributed by atoms with Crippen molar-refractivity contribution in [2.24, 2.45) is 0 Å². The molecule has 4 nitrogen and oxygen atoms in total. The molecule has 0 unspecified atom stereocenters. The standard InChI is InChI=1S/C18H16F3N3O/c19-14-1-2-16(21)17(8-14)23-18(25)11-24-5-3-12(4-6-24)13-7-15(20)10-22-9-13/h1-3,7-10H,4-6,11H2,(H,23,25). The lowest BCUT2D eigenvalue weighted by atomic mass is 10.0. The molecule has 1 N–H and O–H groups in total. The fraction of sp³-hybridized carbons (Fsp3) is 0.222. The maximum absolute atomic E-state index is 13.5. The third-order valence-electron chi connectivity index (χ3n) is 3.94. The van der Waals surface area contributed by atoms with E-state index in [0.717, 1.165) is 35.5 Å². The van der Waals surface area contributed by atoms with Crippen molar-refractivity contribution in [3.05, 3.63) is 65.8 Å². The minimum absolute atomic E-state index is 0.0567. The number of nitrogens with one attached hydrogen (secondary N) is 1. The van der Waals surface area contributed by atoms with Crippen LogP contribution in [0, 0.1) is 17.5 Å². The number of carbonyl (C=O) groups excluding carboxylic acids is 1. The second kappa shape index (κ2) is 7.48. The zero-order valence-electron chi connectivity index (χ0n) is 13.3. The van der Waals surface area contributed by atoms with Gasteiger partial charge in [0, 0.05) is 25.4 Å². The molecule has 7 heteroatoms. The zero-order chi connectivity index (χ0) is 17.8. The Morgan fingerprint density at radius 3 is 2.72 bits per heavy atom. The minimum Gasteiger partial charge on any atom is -0.322 e. The number of carbonyl (C=O) groups is 1. The Morgan fingerprint density at radius 2 is 2.00 bits per heavy atom. The predicted molar refractivity (Wildman–Crippen MR) is 88.2 cm³/mol. The van der Waals surface area contributed by atoms with Crippen molar-refractivity contribution < 1.29 is 18.0 Å². The molecular weight excluding hydrogens is 331 g/mol. The van der Waals surface area contributed by atoms with Crippen LogP contribution in [0.1, 0.15) is 12.0 Å². The SMILES string of the molecule is O=C(CN1CC=C(c2cncc(F)c2)CC1)Nc1cc(F)ccc1F. The molecule has 0 fully saturated rings. The highest BCUT2D eigenvalue weighted by Gasteiger charge is 2.17. The van der Waals surface area contributed by atoms with Gasteiger partial charge < -0.3 is 5.32 Å². The van der Waals surface area contributed by atoms with Gasteiger partial charge in [0.25, 0.3) is 0 Å². The Morgan fingerprint density at radius 1 is 1.16 bits per heavy atom. The first-order valence-corrected chi connectivity index (χ1v) is 7.78. The van der Waals surface area contributed by atoms with E-state index >= 15 is 0 Å². The molecule has 0 spiro atoms. The van der Waals surface area contributed by atoms with E-state index in [4.69, 9.17) is 0 Å². The summed E-state index contributed by atoms with van der Waals surface area (Å²) in [6.07, 6.45) is 5.31. The third kappa shape index (κ3) is 4.45. The Kier molecular flexibility index (Phi) is 5.14. The molecule has 1 aliphatic rings. The number of rotatable bonds is 4. The molecule has 1 amide bonds. The number of nitrogens with zero attached hydrogens (tertiary/aromatic N) is 2. The van der Waals surface area contributed by atoms with Crippen LogP contribution in [-0.2, 0) is 4.79 Å². The third-order valence-corrected chi connectivity index (χ3v) is 3.94. The van der Waals surface area contributed by atoms with E-state index in [0.29, 0.717) is 19.5 Å². The lowest BCUT2D eigenvalue weighted by molar-refractivity contribution is -0.117. The topological polar surface area (TPSA) is 45.2 Å². The molecule has 25 heavy (non-hydrogen) atoms. The van der Waals surface area contributed by atoms with Crippen LogP contribution in [0.4, 0.5) is 18.9 Å². The molecule has 1 aromatic carbocycles. The van der Waals surface area contributed by atoms with Crippen molar-refractivity contribution >= 4 is 17.2 Å². The second-order valence-corrected chi connectivity index (χ2v) is 5.78. The quantitative estimate of drug-likeness (QED) is 0.924. The van der Waals surface area contributed by atoms with Crippen molar-refractivity contribution in [2.75, 3.05) is 25.0 Å². The zero-order valence-corrected chi connectivity index (χ0v) is 13.3.